The van der Waals surface area contributed by atoms with Crippen molar-refractivity contribution in [2.24, 2.45) is 5.92 Å². The summed E-state index contributed by atoms with van der Waals surface area (Å²) in [5, 5.41) is 9.32. The zero-order valence-corrected chi connectivity index (χ0v) is 15.3. The molecule has 1 heterocycles. The topological polar surface area (TPSA) is 76.1 Å². The van der Waals surface area contributed by atoms with E-state index in [1.165, 1.54) is 18.1 Å². The maximum absolute atomic E-state index is 12.5. The van der Waals surface area contributed by atoms with Crippen LogP contribution in [0.1, 0.15) is 30.6 Å². The van der Waals surface area contributed by atoms with Crippen molar-refractivity contribution < 1.29 is 24.2 Å². The van der Waals surface area contributed by atoms with Crippen LogP contribution in [0.2, 0.25) is 5.02 Å². The van der Waals surface area contributed by atoms with Crippen LogP contribution >= 0.6 is 24.0 Å². The van der Waals surface area contributed by atoms with Crippen LogP contribution in [0.25, 0.3) is 0 Å². The van der Waals surface area contributed by atoms with Crippen LogP contribution in [0, 0.1) is 5.92 Å². The fourth-order valence-corrected chi connectivity index (χ4v) is 2.78. The molecule has 1 saturated heterocycles. The van der Waals surface area contributed by atoms with Gasteiger partial charge in [-0.25, -0.2) is 0 Å². The number of likely N-dealkylation sites (tertiary alicyclic amines) is 1. The van der Waals surface area contributed by atoms with Gasteiger partial charge in [-0.1, -0.05) is 11.6 Å². The van der Waals surface area contributed by atoms with Crippen molar-refractivity contribution in [2.75, 3.05) is 20.2 Å². The molecule has 8 heteroatoms. The van der Waals surface area contributed by atoms with Crippen molar-refractivity contribution in [3.05, 3.63) is 22.7 Å². The first kappa shape index (κ1) is 20.4. The molecule has 1 aromatic rings. The molecule has 1 fully saturated rings. The van der Waals surface area contributed by atoms with E-state index in [0.717, 1.165) is 0 Å². The summed E-state index contributed by atoms with van der Waals surface area (Å²) in [5.74, 6) is -0.879. The van der Waals surface area contributed by atoms with Gasteiger partial charge in [0.25, 0.3) is 5.91 Å². The number of benzene rings is 1. The average molecular weight is 378 g/mol. The molecule has 1 amide bonds. The number of carboxylic acid groups (broad SMARTS) is 1. The molecule has 1 atom stereocenters. The van der Waals surface area contributed by atoms with Crippen LogP contribution in [0.5, 0.6) is 11.5 Å². The Morgan fingerprint density at radius 1 is 1.38 bits per heavy atom. The number of amides is 1. The normalized spacial score (nSPS) is 16.7. The van der Waals surface area contributed by atoms with Gasteiger partial charge in [-0.3, -0.25) is 9.59 Å². The minimum absolute atomic E-state index is 0. The Morgan fingerprint density at radius 3 is 2.54 bits per heavy atom. The van der Waals surface area contributed by atoms with Gasteiger partial charge in [-0.05, 0) is 32.4 Å². The highest BCUT2D eigenvalue weighted by molar-refractivity contribution is 6.32. The van der Waals surface area contributed by atoms with E-state index in [4.69, 9.17) is 26.2 Å². The summed E-state index contributed by atoms with van der Waals surface area (Å²) in [6, 6.07) is 3.10. The molecule has 1 N–H and O–H groups in total. The second-order valence-corrected chi connectivity index (χ2v) is 6.14. The Labute approximate surface area is 152 Å². The maximum atomic E-state index is 12.5. The summed E-state index contributed by atoms with van der Waals surface area (Å²) in [6.45, 7) is 4.36. The molecule has 24 heavy (non-hydrogen) atoms. The molecular formula is C16H21Cl2NO5. The highest BCUT2D eigenvalue weighted by atomic mass is 35.5. The molecule has 6 nitrogen and oxygen atoms in total. The minimum atomic E-state index is -0.878. The predicted molar refractivity (Wildman–Crippen MR) is 92.7 cm³/mol. The third-order valence-corrected chi connectivity index (χ3v) is 3.94. The molecule has 0 spiro atoms. The number of nitrogens with zero attached hydrogens (tertiary/aromatic N) is 1. The highest BCUT2D eigenvalue weighted by Crippen LogP contribution is 2.37. The monoisotopic (exact) mass is 377 g/mol. The van der Waals surface area contributed by atoms with E-state index in [-0.39, 0.29) is 36.0 Å². The molecule has 0 aromatic heterocycles. The van der Waals surface area contributed by atoms with E-state index < -0.39 is 11.9 Å². The number of hydrogen-bond acceptors (Lipinski definition) is 4. The Balaban J connectivity index is 0.00000288. The number of rotatable bonds is 5. The Bertz CT molecular complexity index is 621. The Kier molecular flexibility index (Phi) is 7.17. The zero-order chi connectivity index (χ0) is 17.1. The Morgan fingerprint density at radius 2 is 2.04 bits per heavy atom. The van der Waals surface area contributed by atoms with Crippen molar-refractivity contribution in [1.29, 1.82) is 0 Å². The summed E-state index contributed by atoms with van der Waals surface area (Å²) in [6.07, 6.45) is 0.373. The molecule has 0 aliphatic carbocycles. The van der Waals surface area contributed by atoms with Crippen LogP contribution in [0.15, 0.2) is 12.1 Å². The first-order chi connectivity index (χ1) is 10.8. The second kappa shape index (κ2) is 8.44. The van der Waals surface area contributed by atoms with Gasteiger partial charge >= 0.3 is 5.97 Å². The molecule has 1 aliphatic heterocycles. The van der Waals surface area contributed by atoms with Gasteiger partial charge < -0.3 is 19.5 Å². The fourth-order valence-electron chi connectivity index (χ4n) is 2.52. The first-order valence-corrected chi connectivity index (χ1v) is 7.77. The lowest BCUT2D eigenvalue weighted by atomic mass is 10.1. The SMILES string of the molecule is COc1cc(C(=O)N2CCC(C(=O)O)C2)cc(Cl)c1OC(C)C.Cl. The summed E-state index contributed by atoms with van der Waals surface area (Å²) >= 11 is 6.22. The van der Waals surface area contributed by atoms with Gasteiger partial charge in [0.15, 0.2) is 11.5 Å². The smallest absolute Gasteiger partial charge is 0.308 e. The lowest BCUT2D eigenvalue weighted by Gasteiger charge is -2.19. The van der Waals surface area contributed by atoms with Gasteiger partial charge in [-0.2, -0.15) is 0 Å². The van der Waals surface area contributed by atoms with E-state index in [2.05, 4.69) is 0 Å². The maximum Gasteiger partial charge on any atom is 0.308 e. The number of carboxylic acids is 1. The van der Waals surface area contributed by atoms with Crippen molar-refractivity contribution in [3.63, 3.8) is 0 Å². The summed E-state index contributed by atoms with van der Waals surface area (Å²) in [7, 11) is 1.48. The quantitative estimate of drug-likeness (QED) is 0.852. The van der Waals surface area contributed by atoms with Crippen molar-refractivity contribution in [1.82, 2.24) is 4.90 Å². The van der Waals surface area contributed by atoms with E-state index >= 15 is 0 Å². The molecule has 1 aromatic carbocycles. The largest absolute Gasteiger partial charge is 0.493 e. The minimum Gasteiger partial charge on any atom is -0.493 e. The third kappa shape index (κ3) is 4.45. The van der Waals surface area contributed by atoms with Gasteiger partial charge in [0, 0.05) is 18.7 Å². The molecule has 2 rings (SSSR count). The zero-order valence-electron chi connectivity index (χ0n) is 13.7. The van der Waals surface area contributed by atoms with Crippen molar-refractivity contribution >= 4 is 35.9 Å². The number of halogens is 2. The third-order valence-electron chi connectivity index (χ3n) is 3.65. The molecule has 0 bridgehead atoms. The number of aliphatic carboxylic acids is 1. The van der Waals surface area contributed by atoms with Gasteiger partial charge in [-0.15, -0.1) is 12.4 Å². The van der Waals surface area contributed by atoms with E-state index in [1.54, 1.807) is 6.07 Å². The molecule has 0 saturated carbocycles. The fraction of sp³-hybridized carbons (Fsp3) is 0.500. The predicted octanol–water partition coefficient (Wildman–Crippen LogP) is 3.10. The summed E-state index contributed by atoms with van der Waals surface area (Å²) < 4.78 is 10.9. The first-order valence-electron chi connectivity index (χ1n) is 7.39. The molecule has 1 unspecified atom stereocenters. The molecule has 0 radical (unpaired) electrons. The van der Waals surface area contributed by atoms with Gasteiger partial charge in [0.05, 0.1) is 24.2 Å². The van der Waals surface area contributed by atoms with Crippen LogP contribution in [-0.2, 0) is 4.79 Å². The molecule has 1 aliphatic rings. The number of ether oxygens (including phenoxy) is 2. The van der Waals surface area contributed by atoms with Crippen LogP contribution < -0.4 is 9.47 Å². The summed E-state index contributed by atoms with van der Waals surface area (Å²) in [4.78, 5) is 25.1. The van der Waals surface area contributed by atoms with Gasteiger partial charge in [0.1, 0.15) is 0 Å². The number of hydrogen-bond donors (Lipinski definition) is 1. The van der Waals surface area contributed by atoms with Crippen molar-refractivity contribution in [2.45, 2.75) is 26.4 Å². The van der Waals surface area contributed by atoms with Crippen LogP contribution in [0.4, 0.5) is 0 Å². The number of carbonyl (C=O) groups excluding carboxylic acids is 1. The molecule has 134 valence electrons. The lowest BCUT2D eigenvalue weighted by molar-refractivity contribution is -0.141. The number of methoxy groups -OCH3 is 1. The van der Waals surface area contributed by atoms with E-state index in [0.29, 0.717) is 30.0 Å². The number of carbonyl (C=O) groups is 2. The standard InChI is InChI=1S/C16H20ClNO5.ClH/c1-9(2)23-14-12(17)6-11(7-13(14)22-3)15(19)18-5-4-10(8-18)16(20)21;/h6-7,9-10H,4-5,8H2,1-3H3,(H,20,21);1H. The van der Waals surface area contributed by atoms with E-state index in [1.807, 2.05) is 13.8 Å². The molecular weight excluding hydrogens is 357 g/mol. The lowest BCUT2D eigenvalue weighted by Crippen LogP contribution is -2.30. The van der Waals surface area contributed by atoms with Gasteiger partial charge in [0.2, 0.25) is 0 Å². The van der Waals surface area contributed by atoms with Crippen LogP contribution in [-0.4, -0.2) is 48.2 Å². The van der Waals surface area contributed by atoms with Crippen LogP contribution in [0.3, 0.4) is 0 Å². The summed E-state index contributed by atoms with van der Waals surface area (Å²) in [5.41, 5.74) is 0.356. The second-order valence-electron chi connectivity index (χ2n) is 5.73. The van der Waals surface area contributed by atoms with E-state index in [9.17, 15) is 9.59 Å². The average Bonchev–Trinajstić information content (AvgIpc) is 2.98. The Hall–Kier alpha value is -1.66. The van der Waals surface area contributed by atoms with Crippen molar-refractivity contribution in [3.8, 4) is 11.5 Å². The highest BCUT2D eigenvalue weighted by Gasteiger charge is 2.32.